The number of aliphatic carboxylic acids is 1. The third kappa shape index (κ3) is 2.09. The summed E-state index contributed by atoms with van der Waals surface area (Å²) in [5, 5.41) is 19.9. The number of carbonyl (C=O) groups is 1. The summed E-state index contributed by atoms with van der Waals surface area (Å²) in [6, 6.07) is 5.35. The van der Waals surface area contributed by atoms with Crippen molar-refractivity contribution in [2.45, 2.75) is 26.0 Å². The van der Waals surface area contributed by atoms with E-state index in [1.54, 1.807) is 24.4 Å². The summed E-state index contributed by atoms with van der Waals surface area (Å²) in [6.45, 7) is 3.97. The third-order valence-electron chi connectivity index (χ3n) is 2.91. The summed E-state index contributed by atoms with van der Waals surface area (Å²) >= 11 is 5.95. The predicted molar refractivity (Wildman–Crippen MR) is 69.9 cm³/mol. The summed E-state index contributed by atoms with van der Waals surface area (Å²) in [4.78, 5) is 10.9. The maximum Gasteiger partial charge on any atom is 0.337 e. The van der Waals surface area contributed by atoms with Gasteiger partial charge in [0.05, 0.1) is 5.52 Å². The zero-order valence-electron chi connectivity index (χ0n) is 10.1. The lowest BCUT2D eigenvalue weighted by molar-refractivity contribution is -0.146. The van der Waals surface area contributed by atoms with Gasteiger partial charge in [0.25, 0.3) is 0 Å². The van der Waals surface area contributed by atoms with Crippen molar-refractivity contribution in [2.75, 3.05) is 0 Å². The van der Waals surface area contributed by atoms with E-state index in [4.69, 9.17) is 16.7 Å². The second-order valence-electron chi connectivity index (χ2n) is 4.49. The van der Waals surface area contributed by atoms with Gasteiger partial charge < -0.3 is 14.8 Å². The maximum absolute atomic E-state index is 10.9. The lowest BCUT2D eigenvalue weighted by atomic mass is 10.1. The molecule has 1 aromatic carbocycles. The molecule has 1 heterocycles. The summed E-state index contributed by atoms with van der Waals surface area (Å²) in [6.07, 6.45) is 0.151. The molecule has 2 rings (SSSR count). The zero-order chi connectivity index (χ0) is 13.4. The molecule has 0 aliphatic carbocycles. The first-order valence-corrected chi connectivity index (χ1v) is 6.00. The van der Waals surface area contributed by atoms with Gasteiger partial charge in [0, 0.05) is 28.2 Å². The van der Waals surface area contributed by atoms with E-state index in [2.05, 4.69) is 0 Å². The van der Waals surface area contributed by atoms with Crippen molar-refractivity contribution >= 4 is 28.5 Å². The average molecular weight is 268 g/mol. The highest BCUT2D eigenvalue weighted by Gasteiger charge is 2.22. The topological polar surface area (TPSA) is 62.5 Å². The number of aliphatic hydroxyl groups excluding tert-OH is 1. The van der Waals surface area contributed by atoms with Crippen LogP contribution in [-0.2, 0) is 4.79 Å². The molecule has 0 aliphatic heterocycles. The van der Waals surface area contributed by atoms with E-state index in [1.807, 2.05) is 18.4 Å². The number of fused-ring (bicyclic) bond motifs is 1. The van der Waals surface area contributed by atoms with Crippen LogP contribution in [0.4, 0.5) is 0 Å². The molecule has 0 saturated heterocycles. The molecular weight excluding hydrogens is 254 g/mol. The number of benzene rings is 1. The van der Waals surface area contributed by atoms with Gasteiger partial charge >= 0.3 is 5.97 Å². The standard InChI is InChI=1S/C13H14ClNO3/c1-7(2)15-6-10(12(16)13(17)18)9-4-3-8(14)5-11(9)15/h3-7,12,16H,1-2H3,(H,17,18). The Hall–Kier alpha value is -1.52. The van der Waals surface area contributed by atoms with Crippen LogP contribution in [-0.4, -0.2) is 20.7 Å². The van der Waals surface area contributed by atoms with Crippen molar-refractivity contribution in [1.29, 1.82) is 0 Å². The molecule has 0 amide bonds. The Labute approximate surface area is 109 Å². The molecule has 18 heavy (non-hydrogen) atoms. The lowest BCUT2D eigenvalue weighted by Crippen LogP contribution is -2.10. The fraction of sp³-hybridized carbons (Fsp3) is 0.308. The highest BCUT2D eigenvalue weighted by molar-refractivity contribution is 6.31. The minimum Gasteiger partial charge on any atom is -0.479 e. The molecular formula is C13H14ClNO3. The molecule has 2 aromatic rings. The van der Waals surface area contributed by atoms with Gasteiger partial charge in [-0.25, -0.2) is 4.79 Å². The highest BCUT2D eigenvalue weighted by atomic mass is 35.5. The van der Waals surface area contributed by atoms with Gasteiger partial charge in [0.15, 0.2) is 6.10 Å². The van der Waals surface area contributed by atoms with Gasteiger partial charge in [0.2, 0.25) is 0 Å². The van der Waals surface area contributed by atoms with Crippen LogP contribution in [0.2, 0.25) is 5.02 Å². The quantitative estimate of drug-likeness (QED) is 0.899. The van der Waals surface area contributed by atoms with E-state index in [0.29, 0.717) is 16.0 Å². The Kier molecular flexibility index (Phi) is 3.32. The normalized spacial score (nSPS) is 13.2. The number of aromatic nitrogens is 1. The van der Waals surface area contributed by atoms with E-state index >= 15 is 0 Å². The molecule has 5 heteroatoms. The molecule has 0 bridgehead atoms. The number of hydrogen-bond acceptors (Lipinski definition) is 2. The van der Waals surface area contributed by atoms with E-state index in [0.717, 1.165) is 5.52 Å². The van der Waals surface area contributed by atoms with Gasteiger partial charge in [-0.1, -0.05) is 17.7 Å². The van der Waals surface area contributed by atoms with Crippen molar-refractivity contribution in [3.8, 4) is 0 Å². The van der Waals surface area contributed by atoms with Crippen LogP contribution in [0.3, 0.4) is 0 Å². The number of halogens is 1. The van der Waals surface area contributed by atoms with Crippen molar-refractivity contribution in [3.63, 3.8) is 0 Å². The second kappa shape index (κ2) is 4.63. The van der Waals surface area contributed by atoms with Gasteiger partial charge in [-0.2, -0.15) is 0 Å². The zero-order valence-corrected chi connectivity index (χ0v) is 10.8. The minimum atomic E-state index is -1.52. The summed E-state index contributed by atoms with van der Waals surface area (Å²) in [5.74, 6) is -1.26. The van der Waals surface area contributed by atoms with E-state index in [-0.39, 0.29) is 6.04 Å². The molecule has 0 aliphatic rings. The molecule has 1 aromatic heterocycles. The van der Waals surface area contributed by atoms with E-state index in [9.17, 15) is 9.90 Å². The lowest BCUT2D eigenvalue weighted by Gasteiger charge is -2.08. The molecule has 96 valence electrons. The van der Waals surface area contributed by atoms with Crippen LogP contribution in [0.15, 0.2) is 24.4 Å². The van der Waals surface area contributed by atoms with Crippen molar-refractivity contribution in [1.82, 2.24) is 4.57 Å². The molecule has 2 N–H and O–H groups in total. The Morgan fingerprint density at radius 1 is 1.39 bits per heavy atom. The number of aliphatic hydroxyl groups is 1. The summed E-state index contributed by atoms with van der Waals surface area (Å²) < 4.78 is 1.91. The van der Waals surface area contributed by atoms with Crippen LogP contribution < -0.4 is 0 Å². The molecule has 1 atom stereocenters. The largest absolute Gasteiger partial charge is 0.479 e. The first-order chi connectivity index (χ1) is 8.41. The van der Waals surface area contributed by atoms with Gasteiger partial charge in [-0.05, 0) is 26.0 Å². The molecule has 1 unspecified atom stereocenters. The Balaban J connectivity index is 2.72. The summed E-state index contributed by atoms with van der Waals surface area (Å²) in [7, 11) is 0. The highest BCUT2D eigenvalue weighted by Crippen LogP contribution is 2.31. The first-order valence-electron chi connectivity index (χ1n) is 5.62. The van der Waals surface area contributed by atoms with Crippen molar-refractivity contribution in [2.24, 2.45) is 0 Å². The molecule has 0 radical (unpaired) electrons. The first kappa shape index (κ1) is 12.9. The molecule has 0 fully saturated rings. The Bertz CT molecular complexity index is 604. The fourth-order valence-electron chi connectivity index (χ4n) is 2.03. The fourth-order valence-corrected chi connectivity index (χ4v) is 2.20. The van der Waals surface area contributed by atoms with Crippen molar-refractivity contribution in [3.05, 3.63) is 35.0 Å². The minimum absolute atomic E-state index is 0.153. The molecule has 0 spiro atoms. The maximum atomic E-state index is 10.9. The number of hydrogen-bond donors (Lipinski definition) is 2. The van der Waals surface area contributed by atoms with Crippen LogP contribution in [0.5, 0.6) is 0 Å². The summed E-state index contributed by atoms with van der Waals surface area (Å²) in [5.41, 5.74) is 1.22. The Morgan fingerprint density at radius 2 is 2.06 bits per heavy atom. The van der Waals surface area contributed by atoms with E-state index in [1.165, 1.54) is 0 Å². The number of carboxylic acids is 1. The van der Waals surface area contributed by atoms with Crippen LogP contribution >= 0.6 is 11.6 Å². The van der Waals surface area contributed by atoms with Crippen LogP contribution in [0.1, 0.15) is 31.6 Å². The van der Waals surface area contributed by atoms with Gasteiger partial charge in [0.1, 0.15) is 0 Å². The molecule has 0 saturated carbocycles. The number of carboxylic acid groups (broad SMARTS) is 1. The predicted octanol–water partition coefficient (Wildman–Crippen LogP) is 2.99. The number of rotatable bonds is 3. The molecule has 4 nitrogen and oxygen atoms in total. The second-order valence-corrected chi connectivity index (χ2v) is 4.92. The van der Waals surface area contributed by atoms with Crippen LogP contribution in [0, 0.1) is 0 Å². The monoisotopic (exact) mass is 267 g/mol. The average Bonchev–Trinajstić information content (AvgIpc) is 2.66. The van der Waals surface area contributed by atoms with E-state index < -0.39 is 12.1 Å². The number of nitrogens with zero attached hydrogens (tertiary/aromatic N) is 1. The van der Waals surface area contributed by atoms with Crippen LogP contribution in [0.25, 0.3) is 10.9 Å². The van der Waals surface area contributed by atoms with Gasteiger partial charge in [-0.3, -0.25) is 0 Å². The Morgan fingerprint density at radius 3 is 2.61 bits per heavy atom. The van der Waals surface area contributed by atoms with Gasteiger partial charge in [-0.15, -0.1) is 0 Å². The SMILES string of the molecule is CC(C)n1cc(C(O)C(=O)O)c2ccc(Cl)cc21. The van der Waals surface area contributed by atoms with Crippen molar-refractivity contribution < 1.29 is 15.0 Å². The third-order valence-corrected chi connectivity index (χ3v) is 3.15. The smallest absolute Gasteiger partial charge is 0.337 e.